The lowest BCUT2D eigenvalue weighted by Crippen LogP contribution is -2.05. The summed E-state index contributed by atoms with van der Waals surface area (Å²) in [5, 5.41) is 31.4. The van der Waals surface area contributed by atoms with E-state index >= 15 is 0 Å². The van der Waals surface area contributed by atoms with E-state index in [1.54, 1.807) is 0 Å². The van der Waals surface area contributed by atoms with Crippen LogP contribution in [0.15, 0.2) is 243 Å². The highest BCUT2D eigenvalue weighted by Crippen LogP contribution is 2.45. The molecule has 0 saturated heterocycles. The summed E-state index contributed by atoms with van der Waals surface area (Å²) in [6, 6.07) is 90.7. The maximum Gasteiger partial charge on any atom is 0.104 e. The monoisotopic (exact) mass is 940 g/mol. The Labute approximate surface area is 424 Å². The molecular weight excluding hydrogens is 901 g/mol. The summed E-state index contributed by atoms with van der Waals surface area (Å²) >= 11 is 0. The van der Waals surface area contributed by atoms with Crippen molar-refractivity contribution in [3.05, 3.63) is 254 Å². The van der Waals surface area contributed by atoms with Crippen molar-refractivity contribution in [3.63, 3.8) is 0 Å². The van der Waals surface area contributed by atoms with E-state index in [9.17, 15) is 10.5 Å². The molecular formula is C68H40N6. The first-order chi connectivity index (χ1) is 36.6. The Morgan fingerprint density at radius 3 is 0.959 bits per heavy atom. The first kappa shape index (κ1) is 41.4. The molecule has 0 bridgehead atoms. The number of hydrogen-bond donors (Lipinski definition) is 0. The van der Waals surface area contributed by atoms with Gasteiger partial charge in [0.1, 0.15) is 11.6 Å². The zero-order valence-corrected chi connectivity index (χ0v) is 39.8. The van der Waals surface area contributed by atoms with Crippen molar-refractivity contribution in [3.8, 4) is 57.1 Å². The smallest absolute Gasteiger partial charge is 0.104 e. The molecule has 0 amide bonds. The molecule has 74 heavy (non-hydrogen) atoms. The van der Waals surface area contributed by atoms with Crippen LogP contribution in [0.4, 0.5) is 0 Å². The number of nitriles is 2. The Morgan fingerprint density at radius 1 is 0.243 bits per heavy atom. The molecule has 15 rings (SSSR count). The quantitative estimate of drug-likeness (QED) is 0.167. The molecule has 0 aliphatic carbocycles. The van der Waals surface area contributed by atoms with Gasteiger partial charge in [-0.15, -0.1) is 0 Å². The second-order valence-electron chi connectivity index (χ2n) is 19.1. The maximum atomic E-state index is 12.0. The summed E-state index contributed by atoms with van der Waals surface area (Å²) < 4.78 is 9.32. The van der Waals surface area contributed by atoms with Crippen molar-refractivity contribution >= 4 is 87.2 Å². The van der Waals surface area contributed by atoms with E-state index in [1.807, 2.05) is 30.3 Å². The van der Waals surface area contributed by atoms with Crippen LogP contribution in [-0.4, -0.2) is 18.3 Å². The van der Waals surface area contributed by atoms with E-state index in [0.29, 0.717) is 11.1 Å². The second kappa shape index (κ2) is 16.1. The third-order valence-corrected chi connectivity index (χ3v) is 15.2. The van der Waals surface area contributed by atoms with Gasteiger partial charge in [0.25, 0.3) is 0 Å². The molecule has 0 fully saturated rings. The van der Waals surface area contributed by atoms with E-state index in [4.69, 9.17) is 0 Å². The van der Waals surface area contributed by atoms with E-state index in [2.05, 4.69) is 243 Å². The molecule has 0 saturated carbocycles. The van der Waals surface area contributed by atoms with Gasteiger partial charge in [0.15, 0.2) is 0 Å². The van der Waals surface area contributed by atoms with Crippen LogP contribution in [0.25, 0.3) is 132 Å². The molecule has 0 N–H and O–H groups in total. The highest BCUT2D eigenvalue weighted by atomic mass is 15.0. The van der Waals surface area contributed by atoms with Crippen LogP contribution >= 0.6 is 0 Å². The number of para-hydroxylation sites is 6. The van der Waals surface area contributed by atoms with E-state index in [0.717, 1.165) is 132 Å². The minimum absolute atomic E-state index is 0.525. The van der Waals surface area contributed by atoms with Gasteiger partial charge in [-0.25, -0.2) is 0 Å². The van der Waals surface area contributed by atoms with Gasteiger partial charge in [0, 0.05) is 54.5 Å². The Bertz CT molecular complexity index is 4650. The maximum absolute atomic E-state index is 12.0. The minimum atomic E-state index is 0.525. The molecule has 15 aromatic rings. The van der Waals surface area contributed by atoms with Gasteiger partial charge in [0.2, 0.25) is 0 Å². The van der Waals surface area contributed by atoms with Crippen molar-refractivity contribution in [1.82, 2.24) is 18.3 Å². The lowest BCUT2D eigenvalue weighted by atomic mass is 9.94. The Morgan fingerprint density at radius 2 is 0.568 bits per heavy atom. The van der Waals surface area contributed by atoms with Gasteiger partial charge in [-0.1, -0.05) is 140 Å². The molecule has 6 heteroatoms. The number of benzene rings is 11. The lowest BCUT2D eigenvalue weighted by Gasteiger charge is -2.19. The fraction of sp³-hybridized carbons (Fsp3) is 0. The summed E-state index contributed by atoms with van der Waals surface area (Å²) in [5.41, 5.74) is 16.9. The fourth-order valence-electron chi connectivity index (χ4n) is 12.0. The first-order valence-electron chi connectivity index (χ1n) is 24.9. The summed E-state index contributed by atoms with van der Waals surface area (Å²) in [5.74, 6) is 0. The third-order valence-electron chi connectivity index (χ3n) is 15.2. The lowest BCUT2D eigenvalue weighted by molar-refractivity contribution is 1.12. The number of rotatable bonds is 6. The predicted octanol–water partition coefficient (Wildman–Crippen LogP) is 17.2. The average molecular weight is 941 g/mol. The number of hydrogen-bond acceptors (Lipinski definition) is 2. The van der Waals surface area contributed by atoms with E-state index in [1.165, 1.54) is 0 Å². The molecule has 11 aromatic carbocycles. The zero-order chi connectivity index (χ0) is 49.0. The van der Waals surface area contributed by atoms with Crippen LogP contribution < -0.4 is 0 Å². The molecule has 0 unspecified atom stereocenters. The van der Waals surface area contributed by atoms with Crippen LogP contribution in [0.2, 0.25) is 0 Å². The SMILES string of the molecule is N#Cc1cc(-c2ccccc2)cc(-c2cc(-n3c4ccccc4c4cc5c(cc43)c3ccccc3n5-c3ccccc3)c(C#N)c(-n3c4ccccc4c4cc5c(cc43)c3ccccc3n5-c3ccccc3)c2)c1. The van der Waals surface area contributed by atoms with Crippen molar-refractivity contribution < 1.29 is 0 Å². The third kappa shape index (κ3) is 6.04. The van der Waals surface area contributed by atoms with E-state index < -0.39 is 0 Å². The van der Waals surface area contributed by atoms with Gasteiger partial charge in [-0.3, -0.25) is 0 Å². The van der Waals surface area contributed by atoms with Crippen LogP contribution in [-0.2, 0) is 0 Å². The van der Waals surface area contributed by atoms with Crippen LogP contribution in [0, 0.1) is 22.7 Å². The van der Waals surface area contributed by atoms with Crippen LogP contribution in [0.1, 0.15) is 11.1 Å². The number of fused-ring (bicyclic) bond motifs is 12. The summed E-state index contributed by atoms with van der Waals surface area (Å²) in [7, 11) is 0. The predicted molar refractivity (Wildman–Crippen MR) is 304 cm³/mol. The standard InChI is InChI=1S/C68H40N6/c69-41-43-32-45(44-18-4-1-5-19-44)34-46(33-43)47-35-63(73-61-30-16-12-26-52(61)56-37-65-54(39-67(56)73)50-24-10-14-28-59(50)71(65)48-20-6-2-7-21-48)58(42-70)64(36-47)74-62-31-17-13-27-53(62)57-38-66-55(40-68(57)74)51-25-11-15-29-60(51)72(66)49-22-8-3-9-23-49/h1-40H. The Kier molecular flexibility index (Phi) is 8.99. The molecule has 0 radical (unpaired) electrons. The van der Waals surface area contributed by atoms with Gasteiger partial charge < -0.3 is 18.3 Å². The normalized spacial score (nSPS) is 11.8. The van der Waals surface area contributed by atoms with Crippen LogP contribution in [0.3, 0.4) is 0 Å². The summed E-state index contributed by atoms with van der Waals surface area (Å²) in [6.07, 6.45) is 0. The van der Waals surface area contributed by atoms with Gasteiger partial charge in [-0.05, 0) is 125 Å². The molecule has 342 valence electrons. The highest BCUT2D eigenvalue weighted by Gasteiger charge is 2.26. The summed E-state index contributed by atoms with van der Waals surface area (Å²) in [6.45, 7) is 0. The fourth-order valence-corrected chi connectivity index (χ4v) is 12.0. The molecule has 4 aromatic heterocycles. The largest absolute Gasteiger partial charge is 0.309 e. The number of nitrogens with zero attached hydrogens (tertiary/aromatic N) is 6. The molecule has 0 atom stereocenters. The van der Waals surface area contributed by atoms with Gasteiger partial charge in [0.05, 0.1) is 67.1 Å². The molecule has 4 heterocycles. The van der Waals surface area contributed by atoms with Crippen molar-refractivity contribution in [2.24, 2.45) is 0 Å². The van der Waals surface area contributed by atoms with E-state index in [-0.39, 0.29) is 0 Å². The molecule has 0 aliphatic heterocycles. The van der Waals surface area contributed by atoms with Crippen molar-refractivity contribution in [2.75, 3.05) is 0 Å². The second-order valence-corrected chi connectivity index (χ2v) is 19.1. The van der Waals surface area contributed by atoms with Gasteiger partial charge >= 0.3 is 0 Å². The van der Waals surface area contributed by atoms with Crippen LogP contribution in [0.5, 0.6) is 0 Å². The first-order valence-corrected chi connectivity index (χ1v) is 24.9. The Hall–Kier alpha value is -10.4. The highest BCUT2D eigenvalue weighted by molar-refractivity contribution is 6.21. The molecule has 0 spiro atoms. The molecule has 0 aliphatic rings. The Balaban J connectivity index is 1.09. The topological polar surface area (TPSA) is 67.3 Å². The summed E-state index contributed by atoms with van der Waals surface area (Å²) in [4.78, 5) is 0. The van der Waals surface area contributed by atoms with Crippen molar-refractivity contribution in [2.45, 2.75) is 0 Å². The van der Waals surface area contributed by atoms with Gasteiger partial charge in [-0.2, -0.15) is 10.5 Å². The van der Waals surface area contributed by atoms with Crippen molar-refractivity contribution in [1.29, 1.82) is 10.5 Å². The average Bonchev–Trinajstić information content (AvgIpc) is 4.19. The molecule has 6 nitrogen and oxygen atoms in total. The minimum Gasteiger partial charge on any atom is -0.309 e. The number of aromatic nitrogens is 4. The zero-order valence-electron chi connectivity index (χ0n) is 39.8.